The molecule has 1 heterocycles. The molecule has 1 amide bonds. The van der Waals surface area contributed by atoms with E-state index in [1.54, 1.807) is 6.07 Å². The van der Waals surface area contributed by atoms with Crippen LogP contribution in [0.1, 0.15) is 29.0 Å². The molecule has 1 aliphatic carbocycles. The summed E-state index contributed by atoms with van der Waals surface area (Å²) in [6.07, 6.45) is 2.27. The third-order valence-electron chi connectivity index (χ3n) is 3.64. The van der Waals surface area contributed by atoms with E-state index in [-0.39, 0.29) is 5.91 Å². The summed E-state index contributed by atoms with van der Waals surface area (Å²) in [5.41, 5.74) is 2.97. The first-order chi connectivity index (χ1) is 11.0. The van der Waals surface area contributed by atoms with Crippen LogP contribution in [0.25, 0.3) is 0 Å². The Labute approximate surface area is 135 Å². The van der Waals surface area contributed by atoms with Crippen LogP contribution < -0.4 is 15.5 Å². The summed E-state index contributed by atoms with van der Waals surface area (Å²) in [6, 6.07) is 9.82. The summed E-state index contributed by atoms with van der Waals surface area (Å²) < 4.78 is 0. The number of aryl methyl sites for hydroxylation is 1. The first-order valence-electron chi connectivity index (χ1n) is 7.72. The van der Waals surface area contributed by atoms with E-state index in [1.165, 1.54) is 0 Å². The fraction of sp³-hybridized carbons (Fsp3) is 0.353. The molecule has 0 unspecified atom stereocenters. The van der Waals surface area contributed by atoms with Crippen molar-refractivity contribution in [3.8, 4) is 0 Å². The Balaban J connectivity index is 1.73. The molecule has 0 bridgehead atoms. The molecule has 0 atom stereocenters. The van der Waals surface area contributed by atoms with E-state index >= 15 is 0 Å². The van der Waals surface area contributed by atoms with Gasteiger partial charge in [-0.15, -0.1) is 0 Å². The van der Waals surface area contributed by atoms with Gasteiger partial charge < -0.3 is 15.5 Å². The molecule has 6 nitrogen and oxygen atoms in total. The molecular weight excluding hydrogens is 290 g/mol. The topological polar surface area (TPSA) is 70.2 Å². The zero-order chi connectivity index (χ0) is 16.4. The molecule has 0 saturated heterocycles. The Morgan fingerprint density at radius 3 is 2.48 bits per heavy atom. The predicted octanol–water partition coefficient (Wildman–Crippen LogP) is 2.68. The van der Waals surface area contributed by atoms with E-state index in [0.29, 0.717) is 17.7 Å². The molecule has 2 aromatic rings. The van der Waals surface area contributed by atoms with Crippen LogP contribution in [0.2, 0.25) is 0 Å². The highest BCUT2D eigenvalue weighted by Gasteiger charge is 2.22. The van der Waals surface area contributed by atoms with Crippen LogP contribution in [0.5, 0.6) is 0 Å². The number of aromatic nitrogens is 2. The Bertz CT molecular complexity index is 707. The highest BCUT2D eigenvalue weighted by molar-refractivity contribution is 6.03. The van der Waals surface area contributed by atoms with Gasteiger partial charge in [0.2, 0.25) is 5.95 Å². The van der Waals surface area contributed by atoms with Crippen molar-refractivity contribution in [2.45, 2.75) is 25.8 Å². The number of nitrogens with one attached hydrogen (secondary N) is 2. The van der Waals surface area contributed by atoms with Gasteiger partial charge in [-0.1, -0.05) is 0 Å². The van der Waals surface area contributed by atoms with E-state index in [4.69, 9.17) is 0 Å². The molecule has 1 aromatic carbocycles. The number of nitrogens with zero attached hydrogens (tertiary/aromatic N) is 3. The van der Waals surface area contributed by atoms with Crippen LogP contribution in [0.3, 0.4) is 0 Å². The molecule has 1 saturated carbocycles. The van der Waals surface area contributed by atoms with Crippen molar-refractivity contribution in [3.05, 3.63) is 41.7 Å². The highest BCUT2D eigenvalue weighted by atomic mass is 16.1. The fourth-order valence-electron chi connectivity index (χ4n) is 2.20. The van der Waals surface area contributed by atoms with E-state index in [0.717, 1.165) is 29.9 Å². The van der Waals surface area contributed by atoms with Gasteiger partial charge in [0.1, 0.15) is 5.69 Å². The van der Waals surface area contributed by atoms with Gasteiger partial charge in [0.05, 0.1) is 0 Å². The van der Waals surface area contributed by atoms with Gasteiger partial charge >= 0.3 is 0 Å². The number of carbonyl (C=O) groups excluding carboxylic acids is 1. The number of carbonyl (C=O) groups is 1. The molecular formula is C17H21N5O. The minimum absolute atomic E-state index is 0.230. The fourth-order valence-corrected chi connectivity index (χ4v) is 2.20. The number of hydrogen-bond donors (Lipinski definition) is 2. The Morgan fingerprint density at radius 2 is 1.87 bits per heavy atom. The molecule has 3 rings (SSSR count). The number of hydrogen-bond acceptors (Lipinski definition) is 5. The van der Waals surface area contributed by atoms with E-state index in [2.05, 4.69) is 20.6 Å². The van der Waals surface area contributed by atoms with Crippen LogP contribution >= 0.6 is 0 Å². The molecule has 6 heteroatoms. The minimum Gasteiger partial charge on any atom is -0.378 e. The molecule has 0 aliphatic heterocycles. The minimum atomic E-state index is -0.230. The molecule has 23 heavy (non-hydrogen) atoms. The summed E-state index contributed by atoms with van der Waals surface area (Å²) >= 11 is 0. The molecule has 1 aromatic heterocycles. The summed E-state index contributed by atoms with van der Waals surface area (Å²) in [4.78, 5) is 23.0. The molecule has 1 aliphatic rings. The second kappa shape index (κ2) is 6.24. The van der Waals surface area contributed by atoms with Gasteiger partial charge in [-0.05, 0) is 50.1 Å². The summed E-state index contributed by atoms with van der Waals surface area (Å²) in [6.45, 7) is 1.86. The maximum Gasteiger partial charge on any atom is 0.274 e. The van der Waals surface area contributed by atoms with Crippen LogP contribution in [0.4, 0.5) is 17.3 Å². The lowest BCUT2D eigenvalue weighted by atomic mass is 10.2. The first-order valence-corrected chi connectivity index (χ1v) is 7.72. The van der Waals surface area contributed by atoms with Crippen molar-refractivity contribution in [2.24, 2.45) is 0 Å². The van der Waals surface area contributed by atoms with Gasteiger partial charge in [-0.3, -0.25) is 4.79 Å². The second-order valence-electron chi connectivity index (χ2n) is 6.03. The maximum atomic E-state index is 12.4. The van der Waals surface area contributed by atoms with Crippen LogP contribution in [-0.4, -0.2) is 36.0 Å². The quantitative estimate of drug-likeness (QED) is 0.888. The first kappa shape index (κ1) is 15.3. The zero-order valence-electron chi connectivity index (χ0n) is 13.6. The lowest BCUT2D eigenvalue weighted by molar-refractivity contribution is 0.102. The Morgan fingerprint density at radius 1 is 1.17 bits per heavy atom. The third kappa shape index (κ3) is 3.97. The largest absolute Gasteiger partial charge is 0.378 e. The van der Waals surface area contributed by atoms with Gasteiger partial charge in [0.15, 0.2) is 0 Å². The summed E-state index contributed by atoms with van der Waals surface area (Å²) in [7, 11) is 3.96. The monoisotopic (exact) mass is 311 g/mol. The Kier molecular flexibility index (Phi) is 4.14. The smallest absolute Gasteiger partial charge is 0.274 e. The lowest BCUT2D eigenvalue weighted by Crippen LogP contribution is -2.16. The van der Waals surface area contributed by atoms with E-state index in [9.17, 15) is 4.79 Å². The van der Waals surface area contributed by atoms with Gasteiger partial charge in [0.25, 0.3) is 5.91 Å². The standard InChI is InChI=1S/C17H21N5O/c1-11-10-15(21-17(18-11)20-13-4-5-13)16(23)19-12-6-8-14(9-7-12)22(2)3/h6-10,13H,4-5H2,1-3H3,(H,19,23)(H,18,20,21). The SMILES string of the molecule is Cc1cc(C(=O)Nc2ccc(N(C)C)cc2)nc(NC2CC2)n1. The molecule has 0 radical (unpaired) electrons. The number of amides is 1. The predicted molar refractivity (Wildman–Crippen MR) is 92.1 cm³/mol. The van der Waals surface area contributed by atoms with Crippen LogP contribution in [-0.2, 0) is 0 Å². The van der Waals surface area contributed by atoms with Crippen molar-refractivity contribution in [1.29, 1.82) is 0 Å². The Hall–Kier alpha value is -2.63. The van der Waals surface area contributed by atoms with Gasteiger partial charge in [-0.25, -0.2) is 9.97 Å². The van der Waals surface area contributed by atoms with E-state index < -0.39 is 0 Å². The number of benzene rings is 1. The lowest BCUT2D eigenvalue weighted by Gasteiger charge is -2.13. The average Bonchev–Trinajstić information content (AvgIpc) is 3.31. The van der Waals surface area contributed by atoms with Crippen molar-refractivity contribution >= 4 is 23.2 Å². The molecule has 0 spiro atoms. The van der Waals surface area contributed by atoms with Crippen LogP contribution in [0, 0.1) is 6.92 Å². The van der Waals surface area contributed by atoms with Crippen molar-refractivity contribution in [1.82, 2.24) is 9.97 Å². The normalized spacial score (nSPS) is 13.5. The maximum absolute atomic E-state index is 12.4. The molecule has 2 N–H and O–H groups in total. The highest BCUT2D eigenvalue weighted by Crippen LogP contribution is 2.23. The third-order valence-corrected chi connectivity index (χ3v) is 3.64. The van der Waals surface area contributed by atoms with Crippen molar-refractivity contribution in [2.75, 3.05) is 29.6 Å². The van der Waals surface area contributed by atoms with E-state index in [1.807, 2.05) is 50.2 Å². The van der Waals surface area contributed by atoms with Crippen molar-refractivity contribution < 1.29 is 4.79 Å². The van der Waals surface area contributed by atoms with Gasteiger partial charge in [-0.2, -0.15) is 0 Å². The molecule has 120 valence electrons. The summed E-state index contributed by atoms with van der Waals surface area (Å²) in [5.74, 6) is 0.299. The van der Waals surface area contributed by atoms with Gasteiger partial charge in [0, 0.05) is 37.2 Å². The van der Waals surface area contributed by atoms with Crippen LogP contribution in [0.15, 0.2) is 30.3 Å². The second-order valence-corrected chi connectivity index (χ2v) is 6.03. The number of anilines is 3. The molecule has 1 fully saturated rings. The average molecular weight is 311 g/mol. The zero-order valence-corrected chi connectivity index (χ0v) is 13.6. The number of rotatable bonds is 5. The summed E-state index contributed by atoms with van der Waals surface area (Å²) in [5, 5.41) is 6.10. The van der Waals surface area contributed by atoms with Crippen molar-refractivity contribution in [3.63, 3.8) is 0 Å².